The van der Waals surface area contributed by atoms with Crippen LogP contribution in [-0.4, -0.2) is 62.4 Å². The smallest absolute Gasteiger partial charge is 0.257 e. The first-order valence-corrected chi connectivity index (χ1v) is 8.90. The molecule has 4 rings (SSSR count). The van der Waals surface area contributed by atoms with Gasteiger partial charge in [-0.25, -0.2) is 0 Å². The summed E-state index contributed by atoms with van der Waals surface area (Å²) in [5.74, 6) is 1.03. The van der Waals surface area contributed by atoms with Crippen LogP contribution < -0.4 is 20.1 Å². The van der Waals surface area contributed by atoms with E-state index in [0.717, 1.165) is 19.4 Å². The van der Waals surface area contributed by atoms with Crippen LogP contribution in [0.3, 0.4) is 0 Å². The maximum atomic E-state index is 12.8. The van der Waals surface area contributed by atoms with Crippen LogP contribution in [0, 0.1) is 0 Å². The number of fused-ring (bicyclic) bond motifs is 2. The van der Waals surface area contributed by atoms with E-state index in [1.165, 1.54) is 4.90 Å². The number of nitrogens with one attached hydrogen (secondary N) is 2. The third-order valence-electron chi connectivity index (χ3n) is 5.13. The minimum atomic E-state index is -0.176. The number of anilines is 1. The third kappa shape index (κ3) is 3.22. The Balaban J connectivity index is 1.41. The fourth-order valence-electron chi connectivity index (χ4n) is 3.75. The van der Waals surface area contributed by atoms with Crippen LogP contribution in [-0.2, 0) is 9.53 Å². The molecule has 1 aromatic rings. The number of nitrogens with zero attached hydrogens (tertiary/aromatic N) is 1. The summed E-state index contributed by atoms with van der Waals surface area (Å²) in [5.41, 5.74) is 1.20. The van der Waals surface area contributed by atoms with Crippen molar-refractivity contribution in [2.45, 2.75) is 31.4 Å². The Bertz CT molecular complexity index is 723. The van der Waals surface area contributed by atoms with E-state index in [0.29, 0.717) is 35.8 Å². The van der Waals surface area contributed by atoms with Crippen molar-refractivity contribution >= 4 is 17.4 Å². The number of carbonyl (C=O) groups excluding carboxylic acids is 2. The van der Waals surface area contributed by atoms with Crippen molar-refractivity contribution in [1.82, 2.24) is 10.2 Å². The monoisotopic (exact) mass is 361 g/mol. The Morgan fingerprint density at radius 3 is 2.96 bits per heavy atom. The number of hydrogen-bond acceptors (Lipinski definition) is 7. The summed E-state index contributed by atoms with van der Waals surface area (Å²) in [6, 6.07) is 3.45. The van der Waals surface area contributed by atoms with Crippen molar-refractivity contribution < 1.29 is 23.8 Å². The zero-order chi connectivity index (χ0) is 18.1. The van der Waals surface area contributed by atoms with Gasteiger partial charge >= 0.3 is 0 Å². The molecule has 0 radical (unpaired) electrons. The molecular weight excluding hydrogens is 338 g/mol. The maximum absolute atomic E-state index is 12.8. The van der Waals surface area contributed by atoms with E-state index < -0.39 is 0 Å². The van der Waals surface area contributed by atoms with Gasteiger partial charge < -0.3 is 29.7 Å². The summed E-state index contributed by atoms with van der Waals surface area (Å²) in [4.78, 5) is 26.8. The van der Waals surface area contributed by atoms with Crippen molar-refractivity contribution in [2.75, 3.05) is 39.0 Å². The maximum Gasteiger partial charge on any atom is 0.257 e. The van der Waals surface area contributed by atoms with Crippen LogP contribution in [0.2, 0.25) is 0 Å². The number of piperidine rings is 1. The van der Waals surface area contributed by atoms with Gasteiger partial charge in [-0.1, -0.05) is 0 Å². The van der Waals surface area contributed by atoms with Gasteiger partial charge in [0.1, 0.15) is 0 Å². The number of Topliss-reactive ketones (excluding diaryl/α,β-unsaturated/α-hetero) is 1. The van der Waals surface area contributed by atoms with Gasteiger partial charge in [-0.15, -0.1) is 0 Å². The quantitative estimate of drug-likeness (QED) is 0.808. The Hall–Kier alpha value is -2.32. The fourth-order valence-corrected chi connectivity index (χ4v) is 3.75. The Morgan fingerprint density at radius 2 is 2.15 bits per heavy atom. The molecule has 1 amide bonds. The summed E-state index contributed by atoms with van der Waals surface area (Å²) >= 11 is 0. The molecule has 2 atom stereocenters. The van der Waals surface area contributed by atoms with E-state index >= 15 is 0 Å². The standard InChI is InChI=1S/C18H23N3O5/c1-24-15-3-2-4-19-14(15)5-11(22)8-21-9-20-13-7-17-16(25-10-26-17)6-12(13)18(21)23/h6-7,14-15,19-20H,2-5,8-10H2,1H3/t14-,15?/m1/s1. The topological polar surface area (TPSA) is 89.1 Å². The first-order valence-electron chi connectivity index (χ1n) is 8.90. The highest BCUT2D eigenvalue weighted by atomic mass is 16.7. The zero-order valence-corrected chi connectivity index (χ0v) is 14.7. The number of methoxy groups -OCH3 is 1. The minimum absolute atomic E-state index is 0.00945. The molecular formula is C18H23N3O5. The van der Waals surface area contributed by atoms with Crippen molar-refractivity contribution in [3.05, 3.63) is 17.7 Å². The number of benzene rings is 1. The molecule has 0 saturated carbocycles. The molecule has 1 aromatic carbocycles. The van der Waals surface area contributed by atoms with Crippen molar-refractivity contribution in [3.8, 4) is 11.5 Å². The van der Waals surface area contributed by atoms with Gasteiger partial charge in [-0.2, -0.15) is 0 Å². The summed E-state index contributed by atoms with van der Waals surface area (Å²) in [7, 11) is 1.67. The van der Waals surface area contributed by atoms with Crippen LogP contribution in [0.15, 0.2) is 12.1 Å². The molecule has 3 aliphatic heterocycles. The van der Waals surface area contributed by atoms with Crippen molar-refractivity contribution in [3.63, 3.8) is 0 Å². The number of ketones is 1. The first kappa shape index (κ1) is 17.1. The SMILES string of the molecule is COC1CCCN[C@@H]1CC(=O)CN1CNc2cc3c(cc2C1=O)OCO3. The molecule has 1 fully saturated rings. The average molecular weight is 361 g/mol. The van der Waals surface area contributed by atoms with Gasteiger partial charge in [0.2, 0.25) is 6.79 Å². The highest BCUT2D eigenvalue weighted by Gasteiger charge is 2.31. The fraction of sp³-hybridized carbons (Fsp3) is 0.556. The Kier molecular flexibility index (Phi) is 4.69. The van der Waals surface area contributed by atoms with Gasteiger partial charge in [-0.3, -0.25) is 9.59 Å². The molecule has 8 heteroatoms. The number of amides is 1. The van der Waals surface area contributed by atoms with Gasteiger partial charge in [-0.05, 0) is 25.5 Å². The summed E-state index contributed by atoms with van der Waals surface area (Å²) in [6.07, 6.45) is 2.40. The largest absolute Gasteiger partial charge is 0.454 e. The second-order valence-electron chi connectivity index (χ2n) is 6.81. The minimum Gasteiger partial charge on any atom is -0.454 e. The molecule has 3 heterocycles. The van der Waals surface area contributed by atoms with Crippen LogP contribution >= 0.6 is 0 Å². The highest BCUT2D eigenvalue weighted by molar-refractivity contribution is 6.03. The molecule has 0 bridgehead atoms. The summed E-state index contributed by atoms with van der Waals surface area (Å²) < 4.78 is 16.2. The van der Waals surface area contributed by atoms with E-state index in [1.54, 1.807) is 19.2 Å². The zero-order valence-electron chi connectivity index (χ0n) is 14.7. The molecule has 3 aliphatic rings. The van der Waals surface area contributed by atoms with Crippen molar-refractivity contribution in [2.24, 2.45) is 0 Å². The predicted octanol–water partition coefficient (Wildman–Crippen LogP) is 0.967. The van der Waals surface area contributed by atoms with Gasteiger partial charge in [0, 0.05) is 25.6 Å². The highest BCUT2D eigenvalue weighted by Crippen LogP contribution is 2.38. The van der Waals surface area contributed by atoms with Crippen LogP contribution in [0.4, 0.5) is 5.69 Å². The van der Waals surface area contributed by atoms with Gasteiger partial charge in [0.15, 0.2) is 17.3 Å². The molecule has 26 heavy (non-hydrogen) atoms. The third-order valence-corrected chi connectivity index (χ3v) is 5.13. The number of carbonyl (C=O) groups is 2. The van der Waals surface area contributed by atoms with E-state index in [-0.39, 0.29) is 37.2 Å². The van der Waals surface area contributed by atoms with E-state index in [1.807, 2.05) is 0 Å². The summed E-state index contributed by atoms with van der Waals surface area (Å²) in [5, 5.41) is 6.53. The van der Waals surface area contributed by atoms with Crippen LogP contribution in [0.1, 0.15) is 29.6 Å². The second-order valence-corrected chi connectivity index (χ2v) is 6.81. The van der Waals surface area contributed by atoms with Crippen molar-refractivity contribution in [1.29, 1.82) is 0 Å². The molecule has 1 saturated heterocycles. The molecule has 0 aliphatic carbocycles. The van der Waals surface area contributed by atoms with E-state index in [2.05, 4.69) is 10.6 Å². The molecule has 140 valence electrons. The number of rotatable bonds is 5. The second kappa shape index (κ2) is 7.13. The lowest BCUT2D eigenvalue weighted by Gasteiger charge is -2.33. The lowest BCUT2D eigenvalue weighted by Crippen LogP contribution is -2.49. The molecule has 1 unspecified atom stereocenters. The number of hydrogen-bond donors (Lipinski definition) is 2. The Labute approximate surface area is 151 Å². The average Bonchev–Trinajstić information content (AvgIpc) is 3.10. The summed E-state index contributed by atoms with van der Waals surface area (Å²) in [6.45, 7) is 1.42. The molecule has 8 nitrogen and oxygen atoms in total. The number of ether oxygens (including phenoxy) is 3. The van der Waals surface area contributed by atoms with E-state index in [4.69, 9.17) is 14.2 Å². The predicted molar refractivity (Wildman–Crippen MR) is 93.5 cm³/mol. The molecule has 0 spiro atoms. The lowest BCUT2D eigenvalue weighted by molar-refractivity contribution is -0.121. The molecule has 2 N–H and O–H groups in total. The van der Waals surface area contributed by atoms with E-state index in [9.17, 15) is 9.59 Å². The van der Waals surface area contributed by atoms with Gasteiger partial charge in [0.25, 0.3) is 5.91 Å². The van der Waals surface area contributed by atoms with Crippen LogP contribution in [0.5, 0.6) is 11.5 Å². The normalized spacial score (nSPS) is 24.2. The van der Waals surface area contributed by atoms with Gasteiger partial charge in [0.05, 0.1) is 30.6 Å². The Morgan fingerprint density at radius 1 is 1.35 bits per heavy atom. The lowest BCUT2D eigenvalue weighted by atomic mass is 9.96. The first-order chi connectivity index (χ1) is 12.7. The molecule has 0 aromatic heterocycles. The van der Waals surface area contributed by atoms with Crippen LogP contribution in [0.25, 0.3) is 0 Å².